The van der Waals surface area contributed by atoms with Crippen molar-refractivity contribution in [3.05, 3.63) is 24.0 Å². The highest BCUT2D eigenvalue weighted by atomic mass is 16.7. The van der Waals surface area contributed by atoms with Gasteiger partial charge in [0.25, 0.3) is 5.91 Å². The topological polar surface area (TPSA) is 98.7 Å². The molecule has 0 saturated carbocycles. The van der Waals surface area contributed by atoms with E-state index in [1.54, 1.807) is 6.08 Å². The van der Waals surface area contributed by atoms with Gasteiger partial charge < -0.3 is 16.3 Å². The van der Waals surface area contributed by atoms with Crippen LogP contribution in [0.4, 0.5) is 4.79 Å². The Kier molecular flexibility index (Phi) is 2.53. The fraction of sp³-hybridized carbons (Fsp3) is 0.143. The Morgan fingerprint density at radius 2 is 2.15 bits per heavy atom. The van der Waals surface area contributed by atoms with Crippen LogP contribution in [0.5, 0.6) is 0 Å². The van der Waals surface area contributed by atoms with Crippen LogP contribution in [0.25, 0.3) is 0 Å². The molecule has 0 atom stereocenters. The van der Waals surface area contributed by atoms with Crippen LogP contribution in [0.1, 0.15) is 0 Å². The van der Waals surface area contributed by atoms with Gasteiger partial charge in [-0.25, -0.2) is 4.79 Å². The van der Waals surface area contributed by atoms with E-state index in [1.165, 1.54) is 6.08 Å². The molecule has 1 aliphatic rings. The summed E-state index contributed by atoms with van der Waals surface area (Å²) in [5.41, 5.74) is 10.1. The number of hydroxylamine groups is 2. The van der Waals surface area contributed by atoms with Crippen molar-refractivity contribution in [3.63, 3.8) is 0 Å². The fourth-order valence-corrected chi connectivity index (χ4v) is 0.760. The lowest BCUT2D eigenvalue weighted by atomic mass is 10.2. The first-order valence-electron chi connectivity index (χ1n) is 3.51. The van der Waals surface area contributed by atoms with Gasteiger partial charge in [0.05, 0.1) is 12.1 Å². The van der Waals surface area contributed by atoms with Crippen molar-refractivity contribution in [3.8, 4) is 0 Å². The van der Waals surface area contributed by atoms with Gasteiger partial charge in [-0.2, -0.15) is 5.06 Å². The number of urea groups is 1. The van der Waals surface area contributed by atoms with Crippen molar-refractivity contribution in [1.29, 1.82) is 0 Å². The molecule has 0 aromatic rings. The summed E-state index contributed by atoms with van der Waals surface area (Å²) in [5, 5.41) is 0.895. The second kappa shape index (κ2) is 3.61. The zero-order chi connectivity index (χ0) is 9.84. The molecule has 1 rings (SSSR count). The molecular weight excluding hydrogens is 174 g/mol. The monoisotopic (exact) mass is 183 g/mol. The summed E-state index contributed by atoms with van der Waals surface area (Å²) in [6.07, 6.45) is 4.09. The molecule has 0 aromatic carbocycles. The average molecular weight is 183 g/mol. The highest BCUT2D eigenvalue weighted by Gasteiger charge is 2.12. The van der Waals surface area contributed by atoms with Gasteiger partial charge in [0.1, 0.15) is 6.26 Å². The minimum Gasteiger partial charge on any atom is -0.382 e. The van der Waals surface area contributed by atoms with E-state index in [-0.39, 0.29) is 12.1 Å². The van der Waals surface area contributed by atoms with Crippen LogP contribution in [-0.4, -0.2) is 23.5 Å². The molecule has 0 bridgehead atoms. The van der Waals surface area contributed by atoms with Gasteiger partial charge in [-0.05, 0) is 6.08 Å². The van der Waals surface area contributed by atoms with Gasteiger partial charge >= 0.3 is 6.03 Å². The standard InChI is InChI=1S/C7H9N3O3/c8-6(11)5-2-1-3-10(7(9)12)13-4-5/h1-2,4H,3H2,(H2,8,11)(H2,9,12). The fourth-order valence-electron chi connectivity index (χ4n) is 0.760. The number of nitrogens with two attached hydrogens (primary N) is 2. The number of hydrogen-bond donors (Lipinski definition) is 2. The molecule has 3 amide bonds. The maximum Gasteiger partial charge on any atom is 0.348 e. The molecule has 0 aromatic heterocycles. The van der Waals surface area contributed by atoms with E-state index in [1.807, 2.05) is 0 Å². The van der Waals surface area contributed by atoms with Gasteiger partial charge in [0.15, 0.2) is 0 Å². The van der Waals surface area contributed by atoms with Crippen molar-refractivity contribution < 1.29 is 14.4 Å². The third kappa shape index (κ3) is 2.22. The normalized spacial score (nSPS) is 15.7. The van der Waals surface area contributed by atoms with Crippen molar-refractivity contribution >= 4 is 11.9 Å². The molecule has 0 aliphatic carbocycles. The zero-order valence-corrected chi connectivity index (χ0v) is 6.77. The van der Waals surface area contributed by atoms with Gasteiger partial charge in [0.2, 0.25) is 0 Å². The minimum absolute atomic E-state index is 0.183. The molecule has 4 N–H and O–H groups in total. The lowest BCUT2D eigenvalue weighted by Gasteiger charge is -2.14. The second-order valence-electron chi connectivity index (χ2n) is 2.34. The quantitative estimate of drug-likeness (QED) is 0.558. The summed E-state index contributed by atoms with van der Waals surface area (Å²) in [6.45, 7) is 0.183. The summed E-state index contributed by atoms with van der Waals surface area (Å²) in [4.78, 5) is 26.1. The molecule has 13 heavy (non-hydrogen) atoms. The molecule has 6 heteroatoms. The van der Waals surface area contributed by atoms with Crippen LogP contribution in [-0.2, 0) is 9.63 Å². The maximum atomic E-state index is 10.7. The zero-order valence-electron chi connectivity index (χ0n) is 6.77. The molecule has 1 aliphatic heterocycles. The first-order chi connectivity index (χ1) is 6.11. The predicted molar refractivity (Wildman–Crippen MR) is 43.8 cm³/mol. The molecule has 0 saturated heterocycles. The number of rotatable bonds is 1. The first kappa shape index (κ1) is 9.11. The van der Waals surface area contributed by atoms with Crippen molar-refractivity contribution in [2.75, 3.05) is 6.54 Å². The van der Waals surface area contributed by atoms with Crippen molar-refractivity contribution in [1.82, 2.24) is 5.06 Å². The van der Waals surface area contributed by atoms with Crippen LogP contribution >= 0.6 is 0 Å². The van der Waals surface area contributed by atoms with E-state index in [0.29, 0.717) is 0 Å². The third-order valence-electron chi connectivity index (χ3n) is 1.41. The summed E-state index contributed by atoms with van der Waals surface area (Å²) in [6, 6.07) is -0.730. The highest BCUT2D eigenvalue weighted by Crippen LogP contribution is 2.04. The minimum atomic E-state index is -0.730. The molecule has 70 valence electrons. The maximum absolute atomic E-state index is 10.7. The first-order valence-corrected chi connectivity index (χ1v) is 3.51. The van der Waals surface area contributed by atoms with Crippen LogP contribution < -0.4 is 11.5 Å². The molecule has 0 unspecified atom stereocenters. The highest BCUT2D eigenvalue weighted by molar-refractivity contribution is 5.94. The summed E-state index contributed by atoms with van der Waals surface area (Å²) >= 11 is 0. The average Bonchev–Trinajstić information content (AvgIpc) is 2.27. The number of amides is 3. The lowest BCUT2D eigenvalue weighted by molar-refractivity contribution is -0.114. The van der Waals surface area contributed by atoms with E-state index in [2.05, 4.69) is 0 Å². The Morgan fingerprint density at radius 3 is 2.69 bits per heavy atom. The van der Waals surface area contributed by atoms with Crippen LogP contribution in [0.3, 0.4) is 0 Å². The molecule has 0 spiro atoms. The number of carbonyl (C=O) groups is 2. The Morgan fingerprint density at radius 1 is 1.46 bits per heavy atom. The molecular formula is C7H9N3O3. The van der Waals surface area contributed by atoms with Crippen molar-refractivity contribution in [2.45, 2.75) is 0 Å². The van der Waals surface area contributed by atoms with Gasteiger partial charge in [-0.15, -0.1) is 0 Å². The van der Waals surface area contributed by atoms with E-state index in [4.69, 9.17) is 16.3 Å². The van der Waals surface area contributed by atoms with E-state index < -0.39 is 11.9 Å². The van der Waals surface area contributed by atoms with Gasteiger partial charge in [0, 0.05) is 0 Å². The second-order valence-corrected chi connectivity index (χ2v) is 2.34. The van der Waals surface area contributed by atoms with Gasteiger partial charge in [-0.3, -0.25) is 4.79 Å². The Balaban J connectivity index is 2.75. The Labute approximate surface area is 74.4 Å². The number of primary amides is 2. The number of nitrogens with zero attached hydrogens (tertiary/aromatic N) is 1. The van der Waals surface area contributed by atoms with Crippen LogP contribution in [0, 0.1) is 0 Å². The Bertz CT molecular complexity index is 295. The van der Waals surface area contributed by atoms with E-state index in [0.717, 1.165) is 11.3 Å². The predicted octanol–water partition coefficient (Wildman–Crippen LogP) is -0.762. The van der Waals surface area contributed by atoms with Crippen LogP contribution in [0.2, 0.25) is 0 Å². The molecule has 0 radical (unpaired) electrons. The Hall–Kier alpha value is -1.98. The van der Waals surface area contributed by atoms with Crippen LogP contribution in [0.15, 0.2) is 24.0 Å². The van der Waals surface area contributed by atoms with Gasteiger partial charge in [-0.1, -0.05) is 6.08 Å². The number of hydrogen-bond acceptors (Lipinski definition) is 3. The van der Waals surface area contributed by atoms with Crippen molar-refractivity contribution in [2.24, 2.45) is 11.5 Å². The van der Waals surface area contributed by atoms with E-state index >= 15 is 0 Å². The molecule has 6 nitrogen and oxygen atoms in total. The summed E-state index contributed by atoms with van der Waals surface area (Å²) < 4.78 is 0. The lowest BCUT2D eigenvalue weighted by Crippen LogP contribution is -2.34. The number of carbonyl (C=O) groups excluding carboxylic acids is 2. The summed E-state index contributed by atoms with van der Waals surface area (Å²) in [5.74, 6) is -0.623. The molecule has 1 heterocycles. The summed E-state index contributed by atoms with van der Waals surface area (Å²) in [7, 11) is 0. The largest absolute Gasteiger partial charge is 0.382 e. The van der Waals surface area contributed by atoms with E-state index in [9.17, 15) is 9.59 Å². The smallest absolute Gasteiger partial charge is 0.348 e. The third-order valence-corrected chi connectivity index (χ3v) is 1.41. The molecule has 0 fully saturated rings. The SMILES string of the molecule is NC(=O)C1=CON(C(N)=O)CC=C1.